The highest BCUT2D eigenvalue weighted by Gasteiger charge is 2.22. The van der Waals surface area contributed by atoms with Crippen LogP contribution in [0.25, 0.3) is 16.9 Å². The number of hydrogen-bond donors (Lipinski definition) is 3. The summed E-state index contributed by atoms with van der Waals surface area (Å²) in [5.74, 6) is 1.27. The van der Waals surface area contributed by atoms with E-state index in [1.807, 2.05) is 0 Å². The number of nitrogens with one attached hydrogen (secondary N) is 2. The summed E-state index contributed by atoms with van der Waals surface area (Å²) >= 11 is 0. The number of aromatic nitrogens is 5. The van der Waals surface area contributed by atoms with Gasteiger partial charge in [-0.25, -0.2) is 19.3 Å². The van der Waals surface area contributed by atoms with Crippen LogP contribution < -0.4 is 20.5 Å². The van der Waals surface area contributed by atoms with E-state index in [1.165, 1.54) is 21.5 Å². The molecule has 13 heteroatoms. The third-order valence-corrected chi connectivity index (χ3v) is 8.13. The molecule has 4 aromatic rings. The van der Waals surface area contributed by atoms with E-state index in [4.69, 9.17) is 4.98 Å². The van der Waals surface area contributed by atoms with Crippen LogP contribution in [0.15, 0.2) is 54.0 Å². The van der Waals surface area contributed by atoms with E-state index in [1.54, 1.807) is 47.7 Å². The van der Waals surface area contributed by atoms with Gasteiger partial charge in [-0.2, -0.15) is 4.98 Å². The number of pyridine rings is 1. The zero-order chi connectivity index (χ0) is 30.9. The van der Waals surface area contributed by atoms with E-state index in [9.17, 15) is 9.00 Å². The van der Waals surface area contributed by atoms with Crippen LogP contribution in [0.4, 0.5) is 23.1 Å². The Balaban J connectivity index is 1.58. The highest BCUT2D eigenvalue weighted by Crippen LogP contribution is 2.33. The Morgan fingerprint density at radius 2 is 1.93 bits per heavy atom. The zero-order valence-corrected chi connectivity index (χ0v) is 26.7. The summed E-state index contributed by atoms with van der Waals surface area (Å²) in [6, 6.07) is 9.65. The maximum absolute atomic E-state index is 13.4. The van der Waals surface area contributed by atoms with Gasteiger partial charge in [0.15, 0.2) is 11.5 Å². The average molecular weight is 607 g/mol. The van der Waals surface area contributed by atoms with Crippen molar-refractivity contribution < 1.29 is 4.21 Å². The lowest BCUT2D eigenvalue weighted by atomic mass is 9.96. The smallest absolute Gasteiger partial charge is 0.278 e. The van der Waals surface area contributed by atoms with Crippen molar-refractivity contribution >= 4 is 44.3 Å². The minimum atomic E-state index is -2.60. The third-order valence-electron chi connectivity index (χ3n) is 7.37. The van der Waals surface area contributed by atoms with Gasteiger partial charge in [0.25, 0.3) is 5.56 Å². The van der Waals surface area contributed by atoms with Crippen LogP contribution in [0.3, 0.4) is 0 Å². The van der Waals surface area contributed by atoms with Crippen molar-refractivity contribution in [3.05, 3.63) is 70.7 Å². The number of hydrogen-bond acceptors (Lipinski definition) is 9. The van der Waals surface area contributed by atoms with Crippen LogP contribution in [-0.2, 0) is 29.6 Å². The molecule has 0 fully saturated rings. The normalized spacial score (nSPS) is 14.1. The minimum Gasteiger partial charge on any atom is -0.373 e. The van der Waals surface area contributed by atoms with E-state index in [0.29, 0.717) is 28.6 Å². The standard InChI is InChI=1S/C30H42N10O2S/c1-8-13-39-29(41)24-19-31-30(34-28(24)40(39)27-11-9-10-26(33-27)35-43(6,7)42)32-22-17-21-20-37(4)14-12-23(21)25(18-22)38(5)16-15-36(2)3/h8-11,17-19,43H,1,12-16,20H2,2-7H3,(H,31,32,34)(H,33,35,42). The molecule has 0 saturated carbocycles. The lowest BCUT2D eigenvalue weighted by Gasteiger charge is -2.31. The minimum absolute atomic E-state index is 0.248. The molecular formula is C30H42N10O2S. The molecule has 0 atom stereocenters. The number of fused-ring (bicyclic) bond motifs is 2. The molecule has 0 aliphatic carbocycles. The van der Waals surface area contributed by atoms with Gasteiger partial charge in [0.2, 0.25) is 5.95 Å². The number of rotatable bonds is 11. The van der Waals surface area contributed by atoms with Crippen molar-refractivity contribution in [2.75, 3.05) is 75.3 Å². The Morgan fingerprint density at radius 1 is 1.14 bits per heavy atom. The summed E-state index contributed by atoms with van der Waals surface area (Å²) in [4.78, 5) is 34.2. The Morgan fingerprint density at radius 3 is 2.65 bits per heavy atom. The average Bonchev–Trinajstić information content (AvgIpc) is 3.21. The van der Waals surface area contributed by atoms with Crippen molar-refractivity contribution in [1.82, 2.24) is 34.1 Å². The summed E-state index contributed by atoms with van der Waals surface area (Å²) in [6.07, 6.45) is 7.46. The summed E-state index contributed by atoms with van der Waals surface area (Å²) in [5.41, 5.74) is 4.89. The molecule has 2 N–H and O–H groups in total. The molecule has 1 aliphatic heterocycles. The Bertz CT molecular complexity index is 1760. The van der Waals surface area contributed by atoms with Gasteiger partial charge in [0.1, 0.15) is 11.2 Å². The monoisotopic (exact) mass is 606 g/mol. The van der Waals surface area contributed by atoms with Gasteiger partial charge >= 0.3 is 0 Å². The SMILES string of the molecule is C=CCn1c(=O)c2cnc(Nc3cc4c(c(N(C)CCN(C)C)c3)CCN(C)C4)nc2n1-c1cccc(N[SH](C)(C)=O)n1. The molecule has 0 bridgehead atoms. The van der Waals surface area contributed by atoms with E-state index in [2.05, 4.69) is 81.6 Å². The maximum atomic E-state index is 13.4. The number of nitrogens with zero attached hydrogens (tertiary/aromatic N) is 8. The number of likely N-dealkylation sites (N-methyl/N-ethyl adjacent to an activating group) is 3. The lowest BCUT2D eigenvalue weighted by molar-refractivity contribution is 0.313. The van der Waals surface area contributed by atoms with E-state index in [-0.39, 0.29) is 12.1 Å². The topological polar surface area (TPSA) is 116 Å². The molecule has 0 unspecified atom stereocenters. The van der Waals surface area contributed by atoms with Crippen molar-refractivity contribution in [3.63, 3.8) is 0 Å². The molecule has 230 valence electrons. The molecule has 4 heterocycles. The summed E-state index contributed by atoms with van der Waals surface area (Å²) in [5, 5.41) is 3.77. The van der Waals surface area contributed by atoms with E-state index >= 15 is 0 Å². The Kier molecular flexibility index (Phi) is 8.67. The summed E-state index contributed by atoms with van der Waals surface area (Å²) in [6.45, 7) is 7.80. The lowest BCUT2D eigenvalue weighted by Crippen LogP contribution is -2.32. The zero-order valence-electron chi connectivity index (χ0n) is 25.8. The second-order valence-corrected chi connectivity index (χ2v) is 14.7. The largest absolute Gasteiger partial charge is 0.373 e. The van der Waals surface area contributed by atoms with Crippen LogP contribution in [0.2, 0.25) is 0 Å². The first-order valence-electron chi connectivity index (χ1n) is 14.3. The molecule has 3 aromatic heterocycles. The predicted molar refractivity (Wildman–Crippen MR) is 178 cm³/mol. The first-order valence-corrected chi connectivity index (χ1v) is 16.9. The quantitative estimate of drug-likeness (QED) is 0.175. The maximum Gasteiger partial charge on any atom is 0.278 e. The molecule has 5 rings (SSSR count). The molecule has 0 amide bonds. The van der Waals surface area contributed by atoms with Crippen LogP contribution in [0, 0.1) is 0 Å². The Hall–Kier alpha value is -4.07. The highest BCUT2D eigenvalue weighted by molar-refractivity contribution is 8.02. The number of allylic oxidation sites excluding steroid dienone is 1. The van der Waals surface area contributed by atoms with Gasteiger partial charge < -0.3 is 24.7 Å². The second-order valence-electron chi connectivity index (χ2n) is 11.7. The van der Waals surface area contributed by atoms with Gasteiger partial charge in [0.05, 0.1) is 6.54 Å². The molecule has 0 radical (unpaired) electrons. The third kappa shape index (κ3) is 6.79. The van der Waals surface area contributed by atoms with Gasteiger partial charge in [-0.1, -0.05) is 12.1 Å². The Labute approximate surface area is 253 Å². The fraction of sp³-hybridized carbons (Fsp3) is 0.400. The predicted octanol–water partition coefficient (Wildman–Crippen LogP) is 2.50. The molecule has 43 heavy (non-hydrogen) atoms. The molecule has 0 saturated heterocycles. The van der Waals surface area contributed by atoms with Crippen molar-refractivity contribution in [2.45, 2.75) is 19.5 Å². The first kappa shape index (κ1) is 30.4. The number of anilines is 4. The van der Waals surface area contributed by atoms with Gasteiger partial charge in [0, 0.05) is 63.3 Å². The first-order chi connectivity index (χ1) is 20.4. The van der Waals surface area contributed by atoms with Crippen molar-refractivity contribution in [1.29, 1.82) is 0 Å². The fourth-order valence-corrected chi connectivity index (χ4v) is 5.99. The molecule has 1 aromatic carbocycles. The van der Waals surface area contributed by atoms with Gasteiger partial charge in [-0.15, -0.1) is 6.58 Å². The molecular weight excluding hydrogens is 564 g/mol. The van der Waals surface area contributed by atoms with Crippen LogP contribution in [0.1, 0.15) is 11.1 Å². The van der Waals surface area contributed by atoms with Gasteiger partial charge in [-0.05, 0) is 73.1 Å². The highest BCUT2D eigenvalue weighted by atomic mass is 32.3. The fourth-order valence-electron chi connectivity index (χ4n) is 5.32. The second kappa shape index (κ2) is 12.3. The number of thiol groups is 1. The van der Waals surface area contributed by atoms with E-state index in [0.717, 1.165) is 38.3 Å². The van der Waals surface area contributed by atoms with Gasteiger partial charge in [-0.3, -0.25) is 9.00 Å². The van der Waals surface area contributed by atoms with Crippen LogP contribution >= 0.6 is 0 Å². The van der Waals surface area contributed by atoms with E-state index < -0.39 is 10.1 Å². The molecule has 1 aliphatic rings. The van der Waals surface area contributed by atoms with Crippen LogP contribution in [-0.4, -0.2) is 98.7 Å². The summed E-state index contributed by atoms with van der Waals surface area (Å²) in [7, 11) is 5.84. The summed E-state index contributed by atoms with van der Waals surface area (Å²) < 4.78 is 18.6. The number of benzene rings is 1. The molecule has 12 nitrogen and oxygen atoms in total. The van der Waals surface area contributed by atoms with Crippen molar-refractivity contribution in [3.8, 4) is 5.82 Å². The van der Waals surface area contributed by atoms with Crippen LogP contribution in [0.5, 0.6) is 0 Å². The molecule has 0 spiro atoms. The van der Waals surface area contributed by atoms with Crippen molar-refractivity contribution in [2.24, 2.45) is 0 Å².